The van der Waals surface area contributed by atoms with Crippen molar-refractivity contribution in [2.45, 2.75) is 19.3 Å². The van der Waals surface area contributed by atoms with Crippen LogP contribution in [-0.4, -0.2) is 54.7 Å². The molecular weight excluding hydrogens is 416 g/mol. The number of amides is 1. The SMILES string of the molecule is O=C(OCC(=O)N1CCOCC1)c1c2c(nc3ccccc13)/C(=C/c1ccccc1)CCC2. The van der Waals surface area contributed by atoms with Crippen molar-refractivity contribution in [2.75, 3.05) is 32.9 Å². The molecule has 2 aromatic carbocycles. The Morgan fingerprint density at radius 1 is 1.00 bits per heavy atom. The first kappa shape index (κ1) is 21.3. The first-order valence-corrected chi connectivity index (χ1v) is 11.4. The van der Waals surface area contributed by atoms with Gasteiger partial charge in [0, 0.05) is 18.5 Å². The number of allylic oxidation sites excluding steroid dienone is 1. The van der Waals surface area contributed by atoms with E-state index >= 15 is 0 Å². The Hall–Kier alpha value is -3.51. The fourth-order valence-electron chi connectivity index (χ4n) is 4.56. The highest BCUT2D eigenvalue weighted by Gasteiger charge is 2.27. The number of carbonyl (C=O) groups is 2. The molecule has 0 spiro atoms. The molecule has 33 heavy (non-hydrogen) atoms. The first-order valence-electron chi connectivity index (χ1n) is 11.4. The third-order valence-electron chi connectivity index (χ3n) is 6.21. The number of ether oxygens (including phenoxy) is 2. The third-order valence-corrected chi connectivity index (χ3v) is 6.21. The van der Waals surface area contributed by atoms with Gasteiger partial charge in [-0.3, -0.25) is 4.79 Å². The molecule has 1 aliphatic carbocycles. The van der Waals surface area contributed by atoms with E-state index in [1.54, 1.807) is 4.90 Å². The van der Waals surface area contributed by atoms with Crippen LogP contribution >= 0.6 is 0 Å². The zero-order valence-corrected chi connectivity index (χ0v) is 18.5. The van der Waals surface area contributed by atoms with Gasteiger partial charge in [-0.25, -0.2) is 9.78 Å². The zero-order valence-electron chi connectivity index (χ0n) is 18.5. The van der Waals surface area contributed by atoms with Gasteiger partial charge in [-0.05, 0) is 48.1 Å². The van der Waals surface area contributed by atoms with Gasteiger partial charge in [-0.1, -0.05) is 48.5 Å². The fraction of sp³-hybridized carbons (Fsp3) is 0.296. The van der Waals surface area contributed by atoms with Gasteiger partial charge in [0.1, 0.15) is 0 Å². The number of aromatic nitrogens is 1. The normalized spacial score (nSPS) is 17.1. The van der Waals surface area contributed by atoms with E-state index in [2.05, 4.69) is 18.2 Å². The molecule has 1 saturated heterocycles. The molecule has 0 radical (unpaired) electrons. The van der Waals surface area contributed by atoms with Gasteiger partial charge in [0.25, 0.3) is 5.91 Å². The molecule has 0 unspecified atom stereocenters. The second-order valence-electron chi connectivity index (χ2n) is 8.33. The number of morpholine rings is 1. The fourth-order valence-corrected chi connectivity index (χ4v) is 4.56. The average Bonchev–Trinajstić information content (AvgIpc) is 2.87. The summed E-state index contributed by atoms with van der Waals surface area (Å²) >= 11 is 0. The minimum absolute atomic E-state index is 0.191. The van der Waals surface area contributed by atoms with Crippen LogP contribution in [-0.2, 0) is 20.7 Å². The van der Waals surface area contributed by atoms with Crippen LogP contribution in [0.2, 0.25) is 0 Å². The number of hydrogen-bond donors (Lipinski definition) is 0. The number of para-hydroxylation sites is 1. The maximum Gasteiger partial charge on any atom is 0.339 e. The summed E-state index contributed by atoms with van der Waals surface area (Å²) in [5.41, 5.74) is 5.27. The maximum atomic E-state index is 13.3. The molecule has 0 bridgehead atoms. The molecule has 1 aromatic heterocycles. The van der Waals surface area contributed by atoms with Crippen LogP contribution in [0.5, 0.6) is 0 Å². The van der Waals surface area contributed by atoms with Crippen molar-refractivity contribution in [1.29, 1.82) is 0 Å². The van der Waals surface area contributed by atoms with Crippen LogP contribution in [0.15, 0.2) is 54.6 Å². The topological polar surface area (TPSA) is 68.7 Å². The van der Waals surface area contributed by atoms with Gasteiger partial charge < -0.3 is 14.4 Å². The van der Waals surface area contributed by atoms with Crippen LogP contribution in [0, 0.1) is 0 Å². The summed E-state index contributed by atoms with van der Waals surface area (Å²) in [6.07, 6.45) is 4.73. The molecule has 1 amide bonds. The second kappa shape index (κ2) is 9.55. The lowest BCUT2D eigenvalue weighted by atomic mass is 9.86. The minimum Gasteiger partial charge on any atom is -0.452 e. The van der Waals surface area contributed by atoms with Gasteiger partial charge in [-0.15, -0.1) is 0 Å². The van der Waals surface area contributed by atoms with Crippen LogP contribution < -0.4 is 0 Å². The zero-order chi connectivity index (χ0) is 22.6. The second-order valence-corrected chi connectivity index (χ2v) is 8.33. The Kier molecular flexibility index (Phi) is 6.17. The van der Waals surface area contributed by atoms with E-state index in [9.17, 15) is 9.59 Å². The molecule has 0 saturated carbocycles. The average molecular weight is 443 g/mol. The summed E-state index contributed by atoms with van der Waals surface area (Å²) in [5, 5.41) is 0.765. The Labute approximate surface area is 192 Å². The van der Waals surface area contributed by atoms with E-state index in [4.69, 9.17) is 14.5 Å². The number of nitrogens with zero attached hydrogens (tertiary/aromatic N) is 2. The van der Waals surface area contributed by atoms with Crippen molar-refractivity contribution in [2.24, 2.45) is 0 Å². The Morgan fingerprint density at radius 3 is 2.58 bits per heavy atom. The van der Waals surface area contributed by atoms with Crippen molar-refractivity contribution >= 4 is 34.4 Å². The molecule has 2 heterocycles. The number of benzene rings is 2. The lowest BCUT2D eigenvalue weighted by molar-refractivity contribution is -0.138. The van der Waals surface area contributed by atoms with Crippen LogP contribution in [0.3, 0.4) is 0 Å². The van der Waals surface area contributed by atoms with E-state index in [1.165, 1.54) is 0 Å². The maximum absolute atomic E-state index is 13.3. The molecule has 0 atom stereocenters. The summed E-state index contributed by atoms with van der Waals surface area (Å²) < 4.78 is 10.8. The summed E-state index contributed by atoms with van der Waals surface area (Å²) in [4.78, 5) is 32.4. The molecule has 6 heteroatoms. The summed E-state index contributed by atoms with van der Waals surface area (Å²) in [6.45, 7) is 1.81. The molecule has 5 rings (SSSR count). The standard InChI is InChI=1S/C27H26N2O4/c30-24(29-13-15-32-16-14-29)18-33-27(31)25-21-10-4-5-12-23(21)28-26-20(9-6-11-22(25)26)17-19-7-2-1-3-8-19/h1-5,7-8,10,12,17H,6,9,11,13-16,18H2/b20-17+. The quantitative estimate of drug-likeness (QED) is 0.569. The van der Waals surface area contributed by atoms with Gasteiger partial charge in [0.15, 0.2) is 6.61 Å². The number of fused-ring (bicyclic) bond motifs is 2. The lowest BCUT2D eigenvalue weighted by Crippen LogP contribution is -2.42. The smallest absolute Gasteiger partial charge is 0.339 e. The van der Waals surface area contributed by atoms with Crippen LogP contribution in [0.1, 0.15) is 40.0 Å². The highest BCUT2D eigenvalue weighted by atomic mass is 16.5. The van der Waals surface area contributed by atoms with Gasteiger partial charge in [-0.2, -0.15) is 0 Å². The highest BCUT2D eigenvalue weighted by molar-refractivity contribution is 6.07. The van der Waals surface area contributed by atoms with Crippen molar-refractivity contribution in [3.05, 3.63) is 77.0 Å². The molecule has 2 aliphatic rings. The highest BCUT2D eigenvalue weighted by Crippen LogP contribution is 2.36. The van der Waals surface area contributed by atoms with E-state index < -0.39 is 5.97 Å². The predicted octanol–water partition coefficient (Wildman–Crippen LogP) is 4.13. The van der Waals surface area contributed by atoms with Gasteiger partial charge in [0.2, 0.25) is 0 Å². The molecule has 0 N–H and O–H groups in total. The summed E-state index contributed by atoms with van der Waals surface area (Å²) in [5.74, 6) is -0.657. The van der Waals surface area contributed by atoms with Crippen molar-refractivity contribution in [3.63, 3.8) is 0 Å². The van der Waals surface area contributed by atoms with Crippen LogP contribution in [0.4, 0.5) is 0 Å². The van der Waals surface area contributed by atoms with E-state index in [0.29, 0.717) is 31.9 Å². The lowest BCUT2D eigenvalue weighted by Gasteiger charge is -2.27. The molecule has 1 fully saturated rings. The number of esters is 1. The molecule has 1 aliphatic heterocycles. The molecule has 168 valence electrons. The largest absolute Gasteiger partial charge is 0.452 e. The first-order chi connectivity index (χ1) is 16.2. The predicted molar refractivity (Wildman–Crippen MR) is 127 cm³/mol. The number of hydrogen-bond acceptors (Lipinski definition) is 5. The Bertz CT molecular complexity index is 1210. The van der Waals surface area contributed by atoms with Crippen molar-refractivity contribution < 1.29 is 19.1 Å². The van der Waals surface area contributed by atoms with Gasteiger partial charge >= 0.3 is 5.97 Å². The number of rotatable bonds is 4. The Morgan fingerprint density at radius 2 is 1.76 bits per heavy atom. The number of pyridine rings is 1. The van der Waals surface area contributed by atoms with E-state index in [0.717, 1.165) is 52.6 Å². The van der Waals surface area contributed by atoms with Crippen molar-refractivity contribution in [1.82, 2.24) is 9.88 Å². The summed E-state index contributed by atoms with van der Waals surface area (Å²) in [7, 11) is 0. The number of carbonyl (C=O) groups excluding carboxylic acids is 2. The molecule has 3 aromatic rings. The van der Waals surface area contributed by atoms with E-state index in [1.807, 2.05) is 42.5 Å². The van der Waals surface area contributed by atoms with E-state index in [-0.39, 0.29) is 12.5 Å². The summed E-state index contributed by atoms with van der Waals surface area (Å²) in [6, 6.07) is 17.8. The van der Waals surface area contributed by atoms with Gasteiger partial charge in [0.05, 0.1) is 30.0 Å². The van der Waals surface area contributed by atoms with Crippen LogP contribution in [0.25, 0.3) is 22.6 Å². The molecular formula is C27H26N2O4. The minimum atomic E-state index is -0.465. The molecule has 6 nitrogen and oxygen atoms in total. The van der Waals surface area contributed by atoms with Crippen molar-refractivity contribution in [3.8, 4) is 0 Å². The third kappa shape index (κ3) is 4.52. The Balaban J connectivity index is 1.50. The monoisotopic (exact) mass is 442 g/mol.